The SMILES string of the molecule is CC(C)[C@@H](NC(=O)CN1CCN(Cc2cccs2)CC1)c1ccc(F)cc1. The van der Waals surface area contributed by atoms with Gasteiger partial charge in [-0.25, -0.2) is 4.39 Å². The molecule has 1 aliphatic heterocycles. The molecule has 0 unspecified atom stereocenters. The van der Waals surface area contributed by atoms with Gasteiger partial charge in [0.05, 0.1) is 12.6 Å². The number of rotatable bonds is 7. The van der Waals surface area contributed by atoms with Crippen molar-refractivity contribution in [2.24, 2.45) is 5.92 Å². The summed E-state index contributed by atoms with van der Waals surface area (Å²) in [5.74, 6) is 0.0137. The van der Waals surface area contributed by atoms with Crippen LogP contribution in [0.4, 0.5) is 4.39 Å². The molecule has 1 N–H and O–H groups in total. The number of hydrogen-bond donors (Lipinski definition) is 1. The summed E-state index contributed by atoms with van der Waals surface area (Å²) in [6, 6.07) is 10.6. The van der Waals surface area contributed by atoms with E-state index in [0.717, 1.165) is 38.3 Å². The molecule has 1 amide bonds. The van der Waals surface area contributed by atoms with Gasteiger partial charge in [0.2, 0.25) is 5.91 Å². The largest absolute Gasteiger partial charge is 0.348 e. The Kier molecular flexibility index (Phi) is 6.99. The summed E-state index contributed by atoms with van der Waals surface area (Å²) in [5, 5.41) is 5.25. The maximum Gasteiger partial charge on any atom is 0.234 e. The highest BCUT2D eigenvalue weighted by Gasteiger charge is 2.22. The second-order valence-electron chi connectivity index (χ2n) is 7.47. The first-order valence-corrected chi connectivity index (χ1v) is 10.4. The minimum Gasteiger partial charge on any atom is -0.348 e. The van der Waals surface area contributed by atoms with Gasteiger partial charge in [0.1, 0.15) is 5.82 Å². The number of carbonyl (C=O) groups excluding carboxylic acids is 1. The van der Waals surface area contributed by atoms with Gasteiger partial charge in [0.15, 0.2) is 0 Å². The molecule has 0 radical (unpaired) electrons. The third-order valence-corrected chi connectivity index (χ3v) is 5.87. The molecule has 1 saturated heterocycles. The van der Waals surface area contributed by atoms with E-state index in [1.165, 1.54) is 17.0 Å². The van der Waals surface area contributed by atoms with Crippen molar-refractivity contribution in [2.75, 3.05) is 32.7 Å². The molecule has 2 aromatic rings. The van der Waals surface area contributed by atoms with Crippen LogP contribution in [0, 0.1) is 11.7 Å². The molecule has 146 valence electrons. The molecule has 3 rings (SSSR count). The summed E-state index contributed by atoms with van der Waals surface area (Å²) in [6.45, 7) is 9.32. The van der Waals surface area contributed by atoms with Crippen molar-refractivity contribution in [1.82, 2.24) is 15.1 Å². The summed E-state index contributed by atoms with van der Waals surface area (Å²) >= 11 is 1.79. The van der Waals surface area contributed by atoms with E-state index in [0.29, 0.717) is 6.54 Å². The molecule has 4 nitrogen and oxygen atoms in total. The molecule has 1 aromatic carbocycles. The minimum absolute atomic E-state index is 0.0322. The number of amides is 1. The van der Waals surface area contributed by atoms with Crippen molar-refractivity contribution >= 4 is 17.2 Å². The number of halogens is 1. The number of hydrogen-bond acceptors (Lipinski definition) is 4. The second kappa shape index (κ2) is 9.44. The number of carbonyl (C=O) groups is 1. The van der Waals surface area contributed by atoms with Crippen molar-refractivity contribution in [3.8, 4) is 0 Å². The van der Waals surface area contributed by atoms with Gasteiger partial charge in [0.25, 0.3) is 0 Å². The molecule has 0 bridgehead atoms. The van der Waals surface area contributed by atoms with E-state index in [1.54, 1.807) is 23.5 Å². The number of benzene rings is 1. The topological polar surface area (TPSA) is 35.6 Å². The maximum atomic E-state index is 13.2. The highest BCUT2D eigenvalue weighted by atomic mass is 32.1. The summed E-state index contributed by atoms with van der Waals surface area (Å²) < 4.78 is 13.2. The van der Waals surface area contributed by atoms with Crippen LogP contribution in [0.25, 0.3) is 0 Å². The van der Waals surface area contributed by atoms with Crippen LogP contribution in [-0.2, 0) is 11.3 Å². The number of nitrogens with zero attached hydrogens (tertiary/aromatic N) is 2. The van der Waals surface area contributed by atoms with Gasteiger partial charge in [0, 0.05) is 37.6 Å². The molecule has 1 aliphatic rings. The normalized spacial score (nSPS) is 17.2. The average Bonchev–Trinajstić information content (AvgIpc) is 3.15. The third kappa shape index (κ3) is 5.86. The molecular formula is C21H28FN3OS. The zero-order chi connectivity index (χ0) is 19.2. The smallest absolute Gasteiger partial charge is 0.234 e. The molecule has 6 heteroatoms. The Labute approximate surface area is 165 Å². The summed E-state index contributed by atoms with van der Waals surface area (Å²) in [5.41, 5.74) is 0.945. The lowest BCUT2D eigenvalue weighted by atomic mass is 9.96. The molecule has 1 aromatic heterocycles. The lowest BCUT2D eigenvalue weighted by Gasteiger charge is -2.34. The van der Waals surface area contributed by atoms with E-state index in [9.17, 15) is 9.18 Å². The Hall–Kier alpha value is -1.76. The van der Waals surface area contributed by atoms with Crippen molar-refractivity contribution in [1.29, 1.82) is 0 Å². The lowest BCUT2D eigenvalue weighted by molar-refractivity contribution is -0.123. The van der Waals surface area contributed by atoms with Crippen LogP contribution in [0.15, 0.2) is 41.8 Å². The van der Waals surface area contributed by atoms with Crippen LogP contribution < -0.4 is 5.32 Å². The molecule has 1 fully saturated rings. The van der Waals surface area contributed by atoms with E-state index in [1.807, 2.05) is 0 Å². The third-order valence-electron chi connectivity index (χ3n) is 5.00. The Bertz CT molecular complexity index is 710. The Morgan fingerprint density at radius 2 is 1.78 bits per heavy atom. The highest BCUT2D eigenvalue weighted by Crippen LogP contribution is 2.22. The summed E-state index contributed by atoms with van der Waals surface area (Å²) in [4.78, 5) is 18.6. The van der Waals surface area contributed by atoms with Gasteiger partial charge in [-0.2, -0.15) is 0 Å². The summed E-state index contributed by atoms with van der Waals surface area (Å²) in [7, 11) is 0. The quantitative estimate of drug-likeness (QED) is 0.787. The second-order valence-corrected chi connectivity index (χ2v) is 8.50. The van der Waals surface area contributed by atoms with E-state index < -0.39 is 0 Å². The zero-order valence-electron chi connectivity index (χ0n) is 16.0. The van der Waals surface area contributed by atoms with Gasteiger partial charge < -0.3 is 5.32 Å². The van der Waals surface area contributed by atoms with Crippen molar-refractivity contribution < 1.29 is 9.18 Å². The van der Waals surface area contributed by atoms with Crippen LogP contribution in [0.2, 0.25) is 0 Å². The Balaban J connectivity index is 1.47. The fraction of sp³-hybridized carbons (Fsp3) is 0.476. The fourth-order valence-corrected chi connectivity index (χ4v) is 4.20. The predicted octanol–water partition coefficient (Wildman–Crippen LogP) is 3.52. The van der Waals surface area contributed by atoms with Crippen molar-refractivity contribution in [3.63, 3.8) is 0 Å². The maximum absolute atomic E-state index is 13.2. The molecule has 27 heavy (non-hydrogen) atoms. The fourth-order valence-electron chi connectivity index (χ4n) is 3.46. The van der Waals surface area contributed by atoms with Crippen LogP contribution in [0.1, 0.15) is 30.3 Å². The van der Waals surface area contributed by atoms with Gasteiger partial charge in [-0.05, 0) is 35.1 Å². The molecule has 0 spiro atoms. The molecule has 1 atom stereocenters. The van der Waals surface area contributed by atoms with Gasteiger partial charge in [-0.15, -0.1) is 11.3 Å². The van der Waals surface area contributed by atoms with E-state index in [2.05, 4.69) is 46.5 Å². The molecular weight excluding hydrogens is 361 g/mol. The summed E-state index contributed by atoms with van der Waals surface area (Å²) in [6.07, 6.45) is 0. The van der Waals surface area contributed by atoms with Crippen LogP contribution in [0.5, 0.6) is 0 Å². The van der Waals surface area contributed by atoms with Crippen LogP contribution >= 0.6 is 11.3 Å². The lowest BCUT2D eigenvalue weighted by Crippen LogP contribution is -2.49. The van der Waals surface area contributed by atoms with E-state index in [-0.39, 0.29) is 23.7 Å². The first-order valence-electron chi connectivity index (χ1n) is 9.53. The van der Waals surface area contributed by atoms with Crippen LogP contribution in [-0.4, -0.2) is 48.4 Å². The van der Waals surface area contributed by atoms with Crippen molar-refractivity contribution in [2.45, 2.75) is 26.4 Å². The monoisotopic (exact) mass is 389 g/mol. The standard InChI is InChI=1S/C21H28FN3OS/c1-16(2)21(17-5-7-18(22)8-6-17)23-20(26)15-25-11-9-24(10-12-25)14-19-4-3-13-27-19/h3-8,13,16,21H,9-12,14-15H2,1-2H3,(H,23,26)/t21-/m1/s1. The molecule has 0 saturated carbocycles. The molecule has 0 aliphatic carbocycles. The number of piperazine rings is 1. The van der Waals surface area contributed by atoms with E-state index in [4.69, 9.17) is 0 Å². The van der Waals surface area contributed by atoms with Crippen LogP contribution in [0.3, 0.4) is 0 Å². The Morgan fingerprint density at radius 3 is 2.37 bits per heavy atom. The number of thiophene rings is 1. The van der Waals surface area contributed by atoms with E-state index >= 15 is 0 Å². The number of nitrogens with one attached hydrogen (secondary N) is 1. The average molecular weight is 390 g/mol. The first kappa shape index (κ1) is 20.0. The van der Waals surface area contributed by atoms with Gasteiger partial charge in [-0.1, -0.05) is 32.0 Å². The Morgan fingerprint density at radius 1 is 1.11 bits per heavy atom. The minimum atomic E-state index is -0.256. The predicted molar refractivity (Wildman–Crippen MR) is 108 cm³/mol. The van der Waals surface area contributed by atoms with Gasteiger partial charge >= 0.3 is 0 Å². The first-order chi connectivity index (χ1) is 13.0. The highest BCUT2D eigenvalue weighted by molar-refractivity contribution is 7.09. The van der Waals surface area contributed by atoms with Crippen molar-refractivity contribution in [3.05, 3.63) is 58.0 Å². The molecule has 2 heterocycles. The zero-order valence-corrected chi connectivity index (χ0v) is 16.8. The van der Waals surface area contributed by atoms with Gasteiger partial charge in [-0.3, -0.25) is 14.6 Å².